The second kappa shape index (κ2) is 12.8. The third-order valence-electron chi connectivity index (χ3n) is 11.1. The number of hydrogen-bond donors (Lipinski definition) is 0. The summed E-state index contributed by atoms with van der Waals surface area (Å²) in [6.07, 6.45) is 0. The van der Waals surface area contributed by atoms with Crippen LogP contribution < -0.4 is 4.90 Å². The van der Waals surface area contributed by atoms with Crippen molar-refractivity contribution in [3.8, 4) is 22.9 Å². The second-order valence-corrected chi connectivity index (χ2v) is 13.9. The third-order valence-corrected chi connectivity index (χ3v) is 11.1. The first kappa shape index (κ1) is 32.0. The van der Waals surface area contributed by atoms with Crippen molar-refractivity contribution in [2.24, 2.45) is 0 Å². The molecule has 1 aliphatic rings. The zero-order valence-electron chi connectivity index (χ0n) is 29.8. The standard InChI is InChI=1S/C51H32N4/c1-53-46-30-35(34-52)28-29-41(46)36-31-39(54-47-24-12-8-20-42(47)43-21-9-13-25-48(43)54)33-40(32-36)55-49-26-14-10-22-44(49)51(37-16-4-2-5-17-37,38-18-6-3-7-19-38)45-23-11-15-27-50(45)55/h2-33H. The Morgan fingerprint density at radius 2 is 1.02 bits per heavy atom. The summed E-state index contributed by atoms with van der Waals surface area (Å²) in [5.74, 6) is 0. The quantitative estimate of drug-likeness (QED) is 0.168. The Bertz CT molecular complexity index is 2880. The molecule has 0 spiro atoms. The van der Waals surface area contributed by atoms with Crippen LogP contribution in [0.4, 0.5) is 22.7 Å². The van der Waals surface area contributed by atoms with Gasteiger partial charge < -0.3 is 9.47 Å². The van der Waals surface area contributed by atoms with Crippen molar-refractivity contribution >= 4 is 44.6 Å². The van der Waals surface area contributed by atoms with Gasteiger partial charge in [0.05, 0.1) is 40.5 Å². The molecule has 55 heavy (non-hydrogen) atoms. The van der Waals surface area contributed by atoms with Crippen LogP contribution in [0.1, 0.15) is 27.8 Å². The molecule has 0 aliphatic carbocycles. The monoisotopic (exact) mass is 700 g/mol. The van der Waals surface area contributed by atoms with Crippen molar-refractivity contribution in [1.29, 1.82) is 5.26 Å². The Balaban J connectivity index is 1.31. The number of fused-ring (bicyclic) bond motifs is 5. The summed E-state index contributed by atoms with van der Waals surface area (Å²) in [5.41, 5.74) is 13.0. The van der Waals surface area contributed by atoms with E-state index < -0.39 is 5.41 Å². The summed E-state index contributed by atoms with van der Waals surface area (Å²) in [4.78, 5) is 6.31. The number of benzene rings is 8. The predicted molar refractivity (Wildman–Crippen MR) is 224 cm³/mol. The lowest BCUT2D eigenvalue weighted by Crippen LogP contribution is -2.37. The number of hydrogen-bond acceptors (Lipinski definition) is 2. The molecule has 1 aliphatic heterocycles. The fourth-order valence-electron chi connectivity index (χ4n) is 8.84. The lowest BCUT2D eigenvalue weighted by atomic mass is 9.62. The van der Waals surface area contributed by atoms with Crippen LogP contribution in [0.3, 0.4) is 0 Å². The summed E-state index contributed by atoms with van der Waals surface area (Å²) >= 11 is 0. The first-order valence-corrected chi connectivity index (χ1v) is 18.4. The van der Waals surface area contributed by atoms with Crippen LogP contribution >= 0.6 is 0 Å². The van der Waals surface area contributed by atoms with E-state index in [1.807, 2.05) is 6.07 Å². The Morgan fingerprint density at radius 1 is 0.509 bits per heavy atom. The van der Waals surface area contributed by atoms with Crippen LogP contribution in [0.25, 0.3) is 43.5 Å². The molecule has 4 heteroatoms. The molecule has 256 valence electrons. The minimum Gasteiger partial charge on any atom is -0.310 e. The molecule has 9 aromatic rings. The molecule has 2 heterocycles. The summed E-state index contributed by atoms with van der Waals surface area (Å²) in [7, 11) is 0. The number of nitriles is 1. The predicted octanol–water partition coefficient (Wildman–Crippen LogP) is 13.0. The van der Waals surface area contributed by atoms with Gasteiger partial charge in [-0.3, -0.25) is 0 Å². The van der Waals surface area contributed by atoms with E-state index in [1.165, 1.54) is 33.0 Å². The molecule has 10 rings (SSSR count). The van der Waals surface area contributed by atoms with Crippen molar-refractivity contribution < 1.29 is 0 Å². The van der Waals surface area contributed by atoms with E-state index in [1.54, 1.807) is 12.1 Å². The van der Waals surface area contributed by atoms with Crippen LogP contribution in [0, 0.1) is 17.9 Å². The lowest BCUT2D eigenvalue weighted by Gasteiger charge is -2.46. The van der Waals surface area contributed by atoms with Crippen molar-refractivity contribution in [3.63, 3.8) is 0 Å². The van der Waals surface area contributed by atoms with E-state index in [9.17, 15) is 5.26 Å². The van der Waals surface area contributed by atoms with Gasteiger partial charge in [-0.1, -0.05) is 140 Å². The Kier molecular flexibility index (Phi) is 7.44. The van der Waals surface area contributed by atoms with Crippen LogP contribution in [-0.4, -0.2) is 4.57 Å². The number of aromatic nitrogens is 1. The Morgan fingerprint density at radius 3 is 1.58 bits per heavy atom. The molecule has 0 atom stereocenters. The molecule has 0 bridgehead atoms. The highest BCUT2D eigenvalue weighted by molar-refractivity contribution is 6.09. The second-order valence-electron chi connectivity index (χ2n) is 13.9. The highest BCUT2D eigenvalue weighted by Crippen LogP contribution is 2.58. The number of rotatable bonds is 5. The van der Waals surface area contributed by atoms with E-state index >= 15 is 0 Å². The molecule has 4 nitrogen and oxygen atoms in total. The van der Waals surface area contributed by atoms with E-state index in [0.29, 0.717) is 11.3 Å². The lowest BCUT2D eigenvalue weighted by molar-refractivity contribution is 0.731. The van der Waals surface area contributed by atoms with Gasteiger partial charge in [-0.25, -0.2) is 4.85 Å². The molecular weight excluding hydrogens is 669 g/mol. The van der Waals surface area contributed by atoms with Gasteiger partial charge >= 0.3 is 0 Å². The van der Waals surface area contributed by atoms with Crippen molar-refractivity contribution in [1.82, 2.24) is 4.57 Å². The van der Waals surface area contributed by atoms with Crippen LogP contribution in [0.5, 0.6) is 0 Å². The van der Waals surface area contributed by atoms with Crippen molar-refractivity contribution in [3.05, 3.63) is 233 Å². The van der Waals surface area contributed by atoms with Crippen molar-refractivity contribution in [2.45, 2.75) is 5.41 Å². The number of nitrogens with zero attached hydrogens (tertiary/aromatic N) is 4. The van der Waals surface area contributed by atoms with Crippen LogP contribution in [0.2, 0.25) is 0 Å². The van der Waals surface area contributed by atoms with E-state index in [0.717, 1.165) is 44.9 Å². The molecule has 0 amide bonds. The molecule has 0 unspecified atom stereocenters. The van der Waals surface area contributed by atoms with Gasteiger partial charge in [-0.2, -0.15) is 5.26 Å². The first-order chi connectivity index (χ1) is 27.2. The molecule has 0 fully saturated rings. The topological polar surface area (TPSA) is 36.3 Å². The van der Waals surface area contributed by atoms with E-state index in [4.69, 9.17) is 6.57 Å². The molecule has 0 saturated carbocycles. The molecule has 0 saturated heterocycles. The highest BCUT2D eigenvalue weighted by atomic mass is 15.2. The molecule has 0 radical (unpaired) electrons. The minimum absolute atomic E-state index is 0.441. The van der Waals surface area contributed by atoms with Crippen LogP contribution in [-0.2, 0) is 5.41 Å². The normalized spacial score (nSPS) is 12.8. The van der Waals surface area contributed by atoms with Crippen LogP contribution in [0.15, 0.2) is 194 Å². The fourth-order valence-corrected chi connectivity index (χ4v) is 8.84. The number of para-hydroxylation sites is 4. The zero-order valence-corrected chi connectivity index (χ0v) is 29.8. The summed E-state index contributed by atoms with van der Waals surface area (Å²) in [6.45, 7) is 8.16. The van der Waals surface area contributed by atoms with Gasteiger partial charge in [0.25, 0.3) is 0 Å². The fraction of sp³-hybridized carbons (Fsp3) is 0.0196. The third kappa shape index (κ3) is 4.83. The van der Waals surface area contributed by atoms with Gasteiger partial charge in [0.2, 0.25) is 0 Å². The first-order valence-electron chi connectivity index (χ1n) is 18.4. The molecule has 8 aromatic carbocycles. The smallest absolute Gasteiger partial charge is 0.196 e. The summed E-state index contributed by atoms with van der Waals surface area (Å²) in [6, 6.07) is 70.5. The van der Waals surface area contributed by atoms with E-state index in [-0.39, 0.29) is 0 Å². The van der Waals surface area contributed by atoms with Gasteiger partial charge in [-0.05, 0) is 88.0 Å². The van der Waals surface area contributed by atoms with Gasteiger partial charge in [0, 0.05) is 27.7 Å². The van der Waals surface area contributed by atoms with E-state index in [2.05, 4.69) is 196 Å². The van der Waals surface area contributed by atoms with Gasteiger partial charge in [0.1, 0.15) is 0 Å². The Hall–Kier alpha value is -7.66. The minimum atomic E-state index is -0.593. The Labute approximate surface area is 319 Å². The summed E-state index contributed by atoms with van der Waals surface area (Å²) < 4.78 is 2.33. The van der Waals surface area contributed by atoms with Gasteiger partial charge in [-0.15, -0.1) is 0 Å². The molecule has 0 N–H and O–H groups in total. The SMILES string of the molecule is [C-]#[N+]c1cc(C#N)ccc1-c1cc(N2c3ccccc3C(c3ccccc3)(c3ccccc3)c3ccccc32)cc(-n2c3ccccc3c3ccccc32)c1. The highest BCUT2D eigenvalue weighted by Gasteiger charge is 2.46. The maximum atomic E-state index is 9.73. The maximum absolute atomic E-state index is 9.73. The van der Waals surface area contributed by atoms with Gasteiger partial charge in [0.15, 0.2) is 5.69 Å². The van der Waals surface area contributed by atoms with Crippen molar-refractivity contribution in [2.75, 3.05) is 4.90 Å². The maximum Gasteiger partial charge on any atom is 0.196 e. The largest absolute Gasteiger partial charge is 0.310 e. The average molecular weight is 701 g/mol. The number of anilines is 3. The molecule has 1 aromatic heterocycles. The summed E-state index contributed by atoms with van der Waals surface area (Å²) in [5, 5.41) is 12.1. The molecular formula is C51H32N4. The zero-order chi connectivity index (χ0) is 36.9. The average Bonchev–Trinajstić information content (AvgIpc) is 3.60.